The van der Waals surface area contributed by atoms with Gasteiger partial charge >= 0.3 is 0 Å². The number of piperazine rings is 1. The molecular formula is C16H25Cl3N2O. The standard InChI is InChI=1S/C16H23ClN2O.2ClH/c1-19-8-7-18-10-15(19)11-3-4-12-13(9-11)16(20-2)6-5-14(12)17;;/h5-6,11,15,18H,3-4,7-10H2,1-2H3;2*1H. The van der Waals surface area contributed by atoms with Gasteiger partial charge in [0.1, 0.15) is 5.75 Å². The molecule has 1 aromatic rings. The van der Waals surface area contributed by atoms with Crippen LogP contribution in [0.4, 0.5) is 0 Å². The molecule has 0 radical (unpaired) electrons. The Morgan fingerprint density at radius 3 is 2.73 bits per heavy atom. The summed E-state index contributed by atoms with van der Waals surface area (Å²) in [5.74, 6) is 1.69. The molecule has 1 fully saturated rings. The topological polar surface area (TPSA) is 24.5 Å². The minimum Gasteiger partial charge on any atom is -0.496 e. The van der Waals surface area contributed by atoms with E-state index in [0.717, 1.165) is 43.2 Å². The molecule has 0 aromatic heterocycles. The summed E-state index contributed by atoms with van der Waals surface area (Å²) < 4.78 is 5.54. The lowest BCUT2D eigenvalue weighted by atomic mass is 9.78. The van der Waals surface area contributed by atoms with Crippen LogP contribution in [-0.4, -0.2) is 44.7 Å². The number of methoxy groups -OCH3 is 1. The predicted octanol–water partition coefficient (Wildman–Crippen LogP) is 3.20. The summed E-state index contributed by atoms with van der Waals surface area (Å²) in [5.41, 5.74) is 2.63. The molecule has 0 amide bonds. The smallest absolute Gasteiger partial charge is 0.122 e. The van der Waals surface area contributed by atoms with Crippen LogP contribution >= 0.6 is 36.4 Å². The van der Waals surface area contributed by atoms with E-state index in [1.165, 1.54) is 17.5 Å². The molecule has 1 aliphatic carbocycles. The van der Waals surface area contributed by atoms with Crippen molar-refractivity contribution in [2.75, 3.05) is 33.8 Å². The summed E-state index contributed by atoms with van der Waals surface area (Å²) >= 11 is 6.35. The molecule has 2 atom stereocenters. The Balaban J connectivity index is 0.00000121. The zero-order valence-electron chi connectivity index (χ0n) is 13.1. The summed E-state index contributed by atoms with van der Waals surface area (Å²) in [6.45, 7) is 3.34. The number of hydrogen-bond acceptors (Lipinski definition) is 3. The number of nitrogens with one attached hydrogen (secondary N) is 1. The fourth-order valence-corrected chi connectivity index (χ4v) is 3.98. The van der Waals surface area contributed by atoms with Crippen molar-refractivity contribution in [1.29, 1.82) is 0 Å². The molecule has 2 unspecified atom stereocenters. The summed E-state index contributed by atoms with van der Waals surface area (Å²) in [5, 5.41) is 4.43. The number of halogens is 3. The van der Waals surface area contributed by atoms with Crippen molar-refractivity contribution in [2.45, 2.75) is 25.3 Å². The maximum atomic E-state index is 6.35. The third-order valence-corrected chi connectivity index (χ3v) is 5.24. The maximum Gasteiger partial charge on any atom is 0.122 e. The molecule has 0 spiro atoms. The number of benzene rings is 1. The first-order valence-electron chi connectivity index (χ1n) is 7.46. The Labute approximate surface area is 150 Å². The third-order valence-electron chi connectivity index (χ3n) is 4.89. The second kappa shape index (κ2) is 8.60. The van der Waals surface area contributed by atoms with Gasteiger partial charge < -0.3 is 15.0 Å². The van der Waals surface area contributed by atoms with E-state index >= 15 is 0 Å². The number of rotatable bonds is 2. The lowest BCUT2D eigenvalue weighted by Gasteiger charge is -2.40. The quantitative estimate of drug-likeness (QED) is 0.869. The molecule has 0 bridgehead atoms. The lowest BCUT2D eigenvalue weighted by molar-refractivity contribution is 0.132. The summed E-state index contributed by atoms with van der Waals surface area (Å²) in [6.07, 6.45) is 3.37. The Kier molecular flexibility index (Phi) is 7.76. The monoisotopic (exact) mass is 366 g/mol. The number of fused-ring (bicyclic) bond motifs is 1. The second-order valence-electron chi connectivity index (χ2n) is 5.96. The van der Waals surface area contributed by atoms with Crippen LogP contribution < -0.4 is 10.1 Å². The molecule has 1 N–H and O–H groups in total. The molecule has 1 heterocycles. The number of nitrogens with zero attached hydrogens (tertiary/aromatic N) is 1. The molecule has 126 valence electrons. The van der Waals surface area contributed by atoms with E-state index in [2.05, 4.69) is 17.3 Å². The Bertz CT molecular complexity index is 499. The van der Waals surface area contributed by atoms with Gasteiger partial charge in [0.2, 0.25) is 0 Å². The highest BCUT2D eigenvalue weighted by atomic mass is 35.5. The molecule has 22 heavy (non-hydrogen) atoms. The van der Waals surface area contributed by atoms with Gasteiger partial charge in [-0.05, 0) is 55.5 Å². The van der Waals surface area contributed by atoms with Gasteiger partial charge in [0.25, 0.3) is 0 Å². The Morgan fingerprint density at radius 1 is 1.27 bits per heavy atom. The summed E-state index contributed by atoms with van der Waals surface area (Å²) in [7, 11) is 4.00. The first-order valence-corrected chi connectivity index (χ1v) is 7.83. The average molecular weight is 368 g/mol. The van der Waals surface area contributed by atoms with E-state index in [-0.39, 0.29) is 24.8 Å². The SMILES string of the molecule is COc1ccc(Cl)c2c1CC(C1CNCCN1C)CC2.Cl.Cl. The predicted molar refractivity (Wildman–Crippen MR) is 97.3 cm³/mol. The van der Waals surface area contributed by atoms with Gasteiger partial charge in [-0.1, -0.05) is 11.6 Å². The number of hydrogen-bond donors (Lipinski definition) is 1. The molecule has 1 aromatic carbocycles. The largest absolute Gasteiger partial charge is 0.496 e. The van der Waals surface area contributed by atoms with E-state index in [1.807, 2.05) is 12.1 Å². The Hall–Kier alpha value is -0.190. The van der Waals surface area contributed by atoms with E-state index in [9.17, 15) is 0 Å². The summed E-state index contributed by atoms with van der Waals surface area (Å²) in [4.78, 5) is 2.50. The number of likely N-dealkylation sites (N-methyl/N-ethyl adjacent to an activating group) is 1. The van der Waals surface area contributed by atoms with Crippen molar-refractivity contribution in [3.63, 3.8) is 0 Å². The van der Waals surface area contributed by atoms with Crippen LogP contribution in [0.25, 0.3) is 0 Å². The highest BCUT2D eigenvalue weighted by Crippen LogP contribution is 2.38. The van der Waals surface area contributed by atoms with Crippen LogP contribution in [0.1, 0.15) is 17.5 Å². The normalized spacial score (nSPS) is 24.7. The van der Waals surface area contributed by atoms with E-state index in [1.54, 1.807) is 7.11 Å². The molecule has 2 aliphatic rings. The highest BCUT2D eigenvalue weighted by Gasteiger charge is 2.32. The van der Waals surface area contributed by atoms with Gasteiger partial charge in [0.05, 0.1) is 7.11 Å². The van der Waals surface area contributed by atoms with Gasteiger partial charge in [-0.25, -0.2) is 0 Å². The van der Waals surface area contributed by atoms with Crippen molar-refractivity contribution in [1.82, 2.24) is 10.2 Å². The number of ether oxygens (including phenoxy) is 1. The first-order chi connectivity index (χ1) is 9.70. The molecule has 3 rings (SSSR count). The van der Waals surface area contributed by atoms with Crippen molar-refractivity contribution in [3.8, 4) is 5.75 Å². The Morgan fingerprint density at radius 2 is 2.05 bits per heavy atom. The minimum atomic E-state index is 0. The van der Waals surface area contributed by atoms with Gasteiger partial charge in [-0.2, -0.15) is 0 Å². The lowest BCUT2D eigenvalue weighted by Crippen LogP contribution is -2.53. The molecule has 0 saturated carbocycles. The van der Waals surface area contributed by atoms with Crippen LogP contribution in [-0.2, 0) is 12.8 Å². The van der Waals surface area contributed by atoms with Gasteiger partial charge in [-0.15, -0.1) is 24.8 Å². The zero-order chi connectivity index (χ0) is 14.1. The van der Waals surface area contributed by atoms with Crippen LogP contribution in [0.3, 0.4) is 0 Å². The average Bonchev–Trinajstić information content (AvgIpc) is 2.48. The van der Waals surface area contributed by atoms with Crippen molar-refractivity contribution in [2.24, 2.45) is 5.92 Å². The highest BCUT2D eigenvalue weighted by molar-refractivity contribution is 6.31. The molecule has 1 saturated heterocycles. The van der Waals surface area contributed by atoms with E-state index in [0.29, 0.717) is 12.0 Å². The van der Waals surface area contributed by atoms with Crippen molar-refractivity contribution in [3.05, 3.63) is 28.3 Å². The van der Waals surface area contributed by atoms with Crippen LogP contribution in [0, 0.1) is 5.92 Å². The van der Waals surface area contributed by atoms with Crippen molar-refractivity contribution >= 4 is 36.4 Å². The van der Waals surface area contributed by atoms with Crippen LogP contribution in [0.5, 0.6) is 5.75 Å². The first kappa shape index (κ1) is 19.9. The van der Waals surface area contributed by atoms with Gasteiger partial charge in [0, 0.05) is 30.7 Å². The van der Waals surface area contributed by atoms with Crippen LogP contribution in [0.2, 0.25) is 5.02 Å². The van der Waals surface area contributed by atoms with Crippen LogP contribution in [0.15, 0.2) is 12.1 Å². The zero-order valence-corrected chi connectivity index (χ0v) is 15.5. The third kappa shape index (κ3) is 3.82. The molecule has 6 heteroatoms. The van der Waals surface area contributed by atoms with Crippen molar-refractivity contribution < 1.29 is 4.74 Å². The van der Waals surface area contributed by atoms with Gasteiger partial charge in [0.15, 0.2) is 0 Å². The second-order valence-corrected chi connectivity index (χ2v) is 6.37. The fourth-order valence-electron chi connectivity index (χ4n) is 3.70. The summed E-state index contributed by atoms with van der Waals surface area (Å²) in [6, 6.07) is 4.60. The molecule has 1 aliphatic heterocycles. The van der Waals surface area contributed by atoms with Gasteiger partial charge in [-0.3, -0.25) is 0 Å². The van der Waals surface area contributed by atoms with E-state index < -0.39 is 0 Å². The fraction of sp³-hybridized carbons (Fsp3) is 0.625. The minimum absolute atomic E-state index is 0. The molecule has 3 nitrogen and oxygen atoms in total. The maximum absolute atomic E-state index is 6.35. The molecular weight excluding hydrogens is 343 g/mol. The van der Waals surface area contributed by atoms with E-state index in [4.69, 9.17) is 16.3 Å².